The van der Waals surface area contributed by atoms with Crippen LogP contribution < -0.4 is 10.1 Å². The quantitative estimate of drug-likeness (QED) is 0.868. The highest BCUT2D eigenvalue weighted by Crippen LogP contribution is 2.25. The summed E-state index contributed by atoms with van der Waals surface area (Å²) in [6, 6.07) is 15.2. The monoisotopic (exact) mass is 317 g/mol. The van der Waals surface area contributed by atoms with E-state index in [-0.39, 0.29) is 12.5 Å². The van der Waals surface area contributed by atoms with Crippen molar-refractivity contribution in [2.45, 2.75) is 26.3 Å². The number of hydrogen-bond acceptors (Lipinski definition) is 2. The van der Waals surface area contributed by atoms with Gasteiger partial charge in [-0.25, -0.2) is 0 Å². The molecule has 0 aliphatic carbocycles. The van der Waals surface area contributed by atoms with Crippen LogP contribution in [-0.4, -0.2) is 12.5 Å². The van der Waals surface area contributed by atoms with Gasteiger partial charge in [0, 0.05) is 11.6 Å². The molecular formula is C18H20ClNO2. The smallest absolute Gasteiger partial charge is 0.258 e. The van der Waals surface area contributed by atoms with Crippen LogP contribution >= 0.6 is 11.6 Å². The molecule has 0 saturated carbocycles. The molecule has 1 amide bonds. The topological polar surface area (TPSA) is 38.3 Å². The molecule has 0 aliphatic heterocycles. The SMILES string of the molecule is CC(C)c1ccccc1OCC(=O)NCc1ccccc1Cl. The maximum atomic E-state index is 11.9. The molecule has 2 aromatic rings. The second-order valence-electron chi connectivity index (χ2n) is 5.35. The zero-order valence-electron chi connectivity index (χ0n) is 12.8. The Labute approximate surface area is 136 Å². The second-order valence-corrected chi connectivity index (χ2v) is 5.76. The third kappa shape index (κ3) is 4.50. The number of nitrogens with one attached hydrogen (secondary N) is 1. The number of halogens is 1. The van der Waals surface area contributed by atoms with E-state index in [1.807, 2.05) is 42.5 Å². The highest BCUT2D eigenvalue weighted by molar-refractivity contribution is 6.31. The van der Waals surface area contributed by atoms with E-state index in [0.717, 1.165) is 16.9 Å². The largest absolute Gasteiger partial charge is 0.483 e. The molecule has 0 saturated heterocycles. The summed E-state index contributed by atoms with van der Waals surface area (Å²) in [5, 5.41) is 3.46. The van der Waals surface area contributed by atoms with Gasteiger partial charge in [0.2, 0.25) is 0 Å². The van der Waals surface area contributed by atoms with Gasteiger partial charge < -0.3 is 10.1 Å². The molecule has 0 aromatic heterocycles. The van der Waals surface area contributed by atoms with Gasteiger partial charge in [0.1, 0.15) is 5.75 Å². The molecule has 0 spiro atoms. The van der Waals surface area contributed by atoms with E-state index < -0.39 is 0 Å². The Morgan fingerprint density at radius 3 is 2.55 bits per heavy atom. The predicted molar refractivity (Wildman–Crippen MR) is 89.3 cm³/mol. The average Bonchev–Trinajstić information content (AvgIpc) is 2.52. The van der Waals surface area contributed by atoms with Crippen LogP contribution in [0.25, 0.3) is 0 Å². The van der Waals surface area contributed by atoms with E-state index in [9.17, 15) is 4.79 Å². The van der Waals surface area contributed by atoms with E-state index >= 15 is 0 Å². The highest BCUT2D eigenvalue weighted by atomic mass is 35.5. The average molecular weight is 318 g/mol. The molecule has 0 bridgehead atoms. The van der Waals surface area contributed by atoms with Crippen LogP contribution in [0, 0.1) is 0 Å². The minimum Gasteiger partial charge on any atom is -0.483 e. The maximum Gasteiger partial charge on any atom is 0.258 e. The number of carbonyl (C=O) groups excluding carboxylic acids is 1. The molecule has 2 rings (SSSR count). The van der Waals surface area contributed by atoms with Gasteiger partial charge in [-0.1, -0.05) is 61.8 Å². The van der Waals surface area contributed by atoms with Crippen LogP contribution in [0.3, 0.4) is 0 Å². The van der Waals surface area contributed by atoms with Crippen molar-refractivity contribution >= 4 is 17.5 Å². The number of rotatable bonds is 6. The third-order valence-electron chi connectivity index (χ3n) is 3.33. The number of para-hydroxylation sites is 1. The predicted octanol–water partition coefficient (Wildman–Crippen LogP) is 4.16. The summed E-state index contributed by atoms with van der Waals surface area (Å²) in [5.41, 5.74) is 1.99. The third-order valence-corrected chi connectivity index (χ3v) is 3.70. The summed E-state index contributed by atoms with van der Waals surface area (Å²) in [7, 11) is 0. The Kier molecular flexibility index (Phi) is 5.84. The van der Waals surface area contributed by atoms with Crippen LogP contribution in [0.1, 0.15) is 30.9 Å². The lowest BCUT2D eigenvalue weighted by molar-refractivity contribution is -0.123. The molecular weight excluding hydrogens is 298 g/mol. The van der Waals surface area contributed by atoms with Crippen molar-refractivity contribution in [2.24, 2.45) is 0 Å². The van der Waals surface area contributed by atoms with Crippen molar-refractivity contribution in [1.29, 1.82) is 0 Å². The lowest BCUT2D eigenvalue weighted by Gasteiger charge is -2.13. The number of ether oxygens (including phenoxy) is 1. The lowest BCUT2D eigenvalue weighted by Crippen LogP contribution is -2.28. The van der Waals surface area contributed by atoms with E-state index in [4.69, 9.17) is 16.3 Å². The number of amides is 1. The van der Waals surface area contributed by atoms with E-state index in [0.29, 0.717) is 17.5 Å². The molecule has 22 heavy (non-hydrogen) atoms. The summed E-state index contributed by atoms with van der Waals surface area (Å²) >= 11 is 6.05. The summed E-state index contributed by atoms with van der Waals surface area (Å²) in [6.07, 6.45) is 0. The molecule has 2 aromatic carbocycles. The lowest BCUT2D eigenvalue weighted by atomic mass is 10.0. The Bertz CT molecular complexity index is 640. The summed E-state index contributed by atoms with van der Waals surface area (Å²) in [4.78, 5) is 11.9. The Morgan fingerprint density at radius 1 is 1.14 bits per heavy atom. The first-order valence-electron chi connectivity index (χ1n) is 7.29. The molecule has 0 fully saturated rings. The van der Waals surface area contributed by atoms with Crippen LogP contribution in [0.15, 0.2) is 48.5 Å². The van der Waals surface area contributed by atoms with Crippen LogP contribution in [0.2, 0.25) is 5.02 Å². The van der Waals surface area contributed by atoms with Gasteiger partial charge >= 0.3 is 0 Å². The normalized spacial score (nSPS) is 10.5. The zero-order chi connectivity index (χ0) is 15.9. The Morgan fingerprint density at radius 2 is 1.82 bits per heavy atom. The van der Waals surface area contributed by atoms with Gasteiger partial charge in [-0.2, -0.15) is 0 Å². The number of benzene rings is 2. The molecule has 0 atom stereocenters. The summed E-state index contributed by atoms with van der Waals surface area (Å²) < 4.78 is 5.63. The Hall–Kier alpha value is -2.00. The van der Waals surface area contributed by atoms with Crippen molar-refractivity contribution in [3.05, 3.63) is 64.7 Å². The van der Waals surface area contributed by atoms with Gasteiger partial charge in [-0.05, 0) is 29.2 Å². The van der Waals surface area contributed by atoms with Crippen molar-refractivity contribution in [2.75, 3.05) is 6.61 Å². The molecule has 1 N–H and O–H groups in total. The van der Waals surface area contributed by atoms with Crippen LogP contribution in [0.5, 0.6) is 5.75 Å². The van der Waals surface area contributed by atoms with Gasteiger partial charge in [-0.15, -0.1) is 0 Å². The summed E-state index contributed by atoms with van der Waals surface area (Å²) in [6.45, 7) is 4.58. The second kappa shape index (κ2) is 7.85. The molecule has 0 unspecified atom stereocenters. The van der Waals surface area contributed by atoms with Gasteiger partial charge in [0.25, 0.3) is 5.91 Å². The van der Waals surface area contributed by atoms with Crippen molar-refractivity contribution in [3.63, 3.8) is 0 Å². The van der Waals surface area contributed by atoms with Gasteiger partial charge in [-0.3, -0.25) is 4.79 Å². The van der Waals surface area contributed by atoms with E-state index in [1.54, 1.807) is 6.07 Å². The first kappa shape index (κ1) is 16.4. The number of carbonyl (C=O) groups is 1. The van der Waals surface area contributed by atoms with Crippen LogP contribution in [0.4, 0.5) is 0 Å². The van der Waals surface area contributed by atoms with E-state index in [1.165, 1.54) is 0 Å². The molecule has 4 heteroatoms. The first-order chi connectivity index (χ1) is 10.6. The minimum atomic E-state index is -0.168. The highest BCUT2D eigenvalue weighted by Gasteiger charge is 2.09. The van der Waals surface area contributed by atoms with Crippen molar-refractivity contribution in [1.82, 2.24) is 5.32 Å². The molecule has 3 nitrogen and oxygen atoms in total. The van der Waals surface area contributed by atoms with Gasteiger partial charge in [0.05, 0.1) is 0 Å². The number of hydrogen-bond donors (Lipinski definition) is 1. The maximum absolute atomic E-state index is 11.9. The fourth-order valence-electron chi connectivity index (χ4n) is 2.12. The van der Waals surface area contributed by atoms with Crippen molar-refractivity contribution < 1.29 is 9.53 Å². The molecule has 0 aliphatic rings. The van der Waals surface area contributed by atoms with E-state index in [2.05, 4.69) is 19.2 Å². The zero-order valence-corrected chi connectivity index (χ0v) is 13.6. The minimum absolute atomic E-state index is 0.00577. The van der Waals surface area contributed by atoms with Gasteiger partial charge in [0.15, 0.2) is 6.61 Å². The fraction of sp³-hybridized carbons (Fsp3) is 0.278. The molecule has 116 valence electrons. The Balaban J connectivity index is 1.87. The van der Waals surface area contributed by atoms with Crippen LogP contribution in [-0.2, 0) is 11.3 Å². The fourth-order valence-corrected chi connectivity index (χ4v) is 2.32. The summed E-state index contributed by atoms with van der Waals surface area (Å²) in [5.74, 6) is 0.936. The molecule has 0 radical (unpaired) electrons. The first-order valence-corrected chi connectivity index (χ1v) is 7.67. The van der Waals surface area contributed by atoms with Crippen molar-refractivity contribution in [3.8, 4) is 5.75 Å². The molecule has 0 heterocycles. The standard InChI is InChI=1S/C18H20ClNO2/c1-13(2)15-8-4-6-10-17(15)22-12-18(21)20-11-14-7-3-5-9-16(14)19/h3-10,13H,11-12H2,1-2H3,(H,20,21).